The Morgan fingerprint density at radius 2 is 0.485 bits per heavy atom. The average Bonchev–Trinajstić information content (AvgIpc) is 3.75. The van der Waals surface area contributed by atoms with Crippen LogP contribution in [0.3, 0.4) is 0 Å². The average molecular weight is 864 g/mol. The van der Waals surface area contributed by atoms with Crippen molar-refractivity contribution in [1.82, 2.24) is 15.0 Å². The molecule has 11 aromatic carbocycles. The van der Waals surface area contributed by atoms with Crippen LogP contribution in [0.4, 0.5) is 0 Å². The highest BCUT2D eigenvalue weighted by molar-refractivity contribution is 6.18. The lowest BCUT2D eigenvalue weighted by Gasteiger charge is -2.15. The molecule has 0 saturated carbocycles. The summed E-state index contributed by atoms with van der Waals surface area (Å²) >= 11 is 0. The van der Waals surface area contributed by atoms with Gasteiger partial charge in [-0.3, -0.25) is 0 Å². The summed E-state index contributed by atoms with van der Waals surface area (Å²) in [7, 11) is 0. The van der Waals surface area contributed by atoms with Gasteiger partial charge in [0.2, 0.25) is 0 Å². The van der Waals surface area contributed by atoms with E-state index in [4.69, 9.17) is 15.0 Å². The van der Waals surface area contributed by atoms with Gasteiger partial charge in [0.15, 0.2) is 17.5 Å². The van der Waals surface area contributed by atoms with E-state index in [1.807, 2.05) is 24.3 Å². The number of aromatic nitrogens is 3. The maximum absolute atomic E-state index is 5.19. The highest BCUT2D eigenvalue weighted by Gasteiger charge is 2.23. The number of hydrogen-bond acceptors (Lipinski definition) is 3. The van der Waals surface area contributed by atoms with Crippen LogP contribution in [0.15, 0.2) is 249 Å². The minimum absolute atomic E-state index is 0.629. The molecule has 0 saturated heterocycles. The third-order valence-corrected chi connectivity index (χ3v) is 13.6. The monoisotopic (exact) mass is 863 g/mol. The molecule has 68 heavy (non-hydrogen) atoms. The maximum atomic E-state index is 5.19. The molecule has 0 amide bonds. The summed E-state index contributed by atoms with van der Waals surface area (Å²) in [5.74, 6) is 1.90. The van der Waals surface area contributed by atoms with Gasteiger partial charge in [0.25, 0.3) is 0 Å². The molecule has 0 radical (unpaired) electrons. The summed E-state index contributed by atoms with van der Waals surface area (Å²) in [6, 6.07) is 88.9. The highest BCUT2D eigenvalue weighted by atomic mass is 15.0. The van der Waals surface area contributed by atoms with Crippen molar-refractivity contribution < 1.29 is 0 Å². The van der Waals surface area contributed by atoms with Crippen LogP contribution in [0.2, 0.25) is 0 Å². The molecular weight excluding hydrogens is 823 g/mol. The van der Waals surface area contributed by atoms with Gasteiger partial charge in [-0.2, -0.15) is 0 Å². The summed E-state index contributed by atoms with van der Waals surface area (Å²) in [5, 5.41) is 5.00. The Bertz CT molecular complexity index is 3830. The predicted molar refractivity (Wildman–Crippen MR) is 283 cm³/mol. The molecule has 13 rings (SSSR count). The van der Waals surface area contributed by atoms with Crippen LogP contribution in [0.25, 0.3) is 134 Å². The lowest BCUT2D eigenvalue weighted by molar-refractivity contribution is 1.07. The van der Waals surface area contributed by atoms with Crippen molar-refractivity contribution in [3.63, 3.8) is 0 Å². The van der Waals surface area contributed by atoms with E-state index in [-0.39, 0.29) is 0 Å². The van der Waals surface area contributed by atoms with Crippen molar-refractivity contribution in [3.05, 3.63) is 249 Å². The first-order chi connectivity index (χ1) is 33.7. The zero-order valence-electron chi connectivity index (χ0n) is 37.0. The second-order valence-corrected chi connectivity index (χ2v) is 17.5. The normalized spacial score (nSPS) is 11.5. The van der Waals surface area contributed by atoms with Crippen LogP contribution >= 0.6 is 0 Å². The Hall–Kier alpha value is -9.05. The molecule has 0 aliphatic heterocycles. The number of rotatable bonds is 8. The van der Waals surface area contributed by atoms with Gasteiger partial charge >= 0.3 is 0 Å². The fourth-order valence-electron chi connectivity index (χ4n) is 10.2. The molecule has 0 unspecified atom stereocenters. The van der Waals surface area contributed by atoms with Crippen LogP contribution in [-0.4, -0.2) is 15.0 Å². The van der Waals surface area contributed by atoms with Crippen LogP contribution in [0.5, 0.6) is 0 Å². The lowest BCUT2D eigenvalue weighted by atomic mass is 9.90. The first-order valence-electron chi connectivity index (χ1n) is 23.2. The quantitative estimate of drug-likeness (QED) is 0.153. The molecule has 0 N–H and O–H groups in total. The molecule has 0 fully saturated rings. The van der Waals surface area contributed by atoms with Crippen LogP contribution in [0, 0.1) is 0 Å². The third-order valence-electron chi connectivity index (χ3n) is 13.6. The summed E-state index contributed by atoms with van der Waals surface area (Å²) in [5.41, 5.74) is 19.8. The second kappa shape index (κ2) is 16.4. The van der Waals surface area contributed by atoms with Crippen molar-refractivity contribution in [2.75, 3.05) is 0 Å². The van der Waals surface area contributed by atoms with Crippen molar-refractivity contribution in [2.45, 2.75) is 0 Å². The van der Waals surface area contributed by atoms with Crippen molar-refractivity contribution in [2.24, 2.45) is 0 Å². The van der Waals surface area contributed by atoms with Gasteiger partial charge in [-0.15, -0.1) is 0 Å². The molecule has 1 heterocycles. The van der Waals surface area contributed by atoms with E-state index in [2.05, 4.69) is 224 Å². The van der Waals surface area contributed by atoms with Gasteiger partial charge in [-0.1, -0.05) is 249 Å². The number of nitrogens with zero attached hydrogens (tertiary/aromatic N) is 3. The molecule has 3 nitrogen and oxygen atoms in total. The van der Waals surface area contributed by atoms with Gasteiger partial charge in [0.05, 0.1) is 0 Å². The van der Waals surface area contributed by atoms with Crippen molar-refractivity contribution in [3.8, 4) is 112 Å². The van der Waals surface area contributed by atoms with E-state index in [9.17, 15) is 0 Å². The molecule has 316 valence electrons. The molecule has 12 aromatic rings. The van der Waals surface area contributed by atoms with Gasteiger partial charge in [-0.05, 0) is 99.4 Å². The highest BCUT2D eigenvalue weighted by Crippen LogP contribution is 2.49. The van der Waals surface area contributed by atoms with E-state index in [1.165, 1.54) is 77.4 Å². The Labute approximate surface area is 395 Å². The predicted octanol–water partition coefficient (Wildman–Crippen LogP) is 17.2. The largest absolute Gasteiger partial charge is 0.208 e. The van der Waals surface area contributed by atoms with Crippen molar-refractivity contribution in [1.29, 1.82) is 0 Å². The van der Waals surface area contributed by atoms with Gasteiger partial charge < -0.3 is 0 Å². The second-order valence-electron chi connectivity index (χ2n) is 17.5. The minimum atomic E-state index is 0.629. The third kappa shape index (κ3) is 6.80. The van der Waals surface area contributed by atoms with E-state index >= 15 is 0 Å². The topological polar surface area (TPSA) is 38.7 Å². The zero-order chi connectivity index (χ0) is 45.0. The van der Waals surface area contributed by atoms with Crippen LogP contribution in [-0.2, 0) is 0 Å². The Kier molecular flexibility index (Phi) is 9.50. The first kappa shape index (κ1) is 39.3. The first-order valence-corrected chi connectivity index (χ1v) is 23.2. The standard InChI is InChI=1S/C65H41N3/c1-3-14-42(15-4-1)43-32-38-49(39-33-43)64-66-63(48-16-5-2-6-17-48)67-65(68-64)61-21-10-9-20-57(61)54-25-12-23-52-50(22-11-24-53(52)54)46-34-28-44(29-35-46)45-30-36-47(37-31-45)51-40-41-60-56-19-8-7-18-55(56)59-27-13-26-58(51)62(59)60/h1-41H. The summed E-state index contributed by atoms with van der Waals surface area (Å²) in [6.45, 7) is 0. The van der Waals surface area contributed by atoms with Gasteiger partial charge in [0, 0.05) is 16.7 Å². The molecule has 0 atom stereocenters. The molecule has 1 aliphatic carbocycles. The molecule has 1 aliphatic rings. The molecule has 1 aromatic heterocycles. The van der Waals surface area contributed by atoms with E-state index < -0.39 is 0 Å². The van der Waals surface area contributed by atoms with Gasteiger partial charge in [0.1, 0.15) is 0 Å². The molecule has 0 spiro atoms. The lowest BCUT2D eigenvalue weighted by Crippen LogP contribution is -2.01. The molecular formula is C65H41N3. The smallest absolute Gasteiger partial charge is 0.164 e. The Morgan fingerprint density at radius 1 is 0.162 bits per heavy atom. The SMILES string of the molecule is c1ccc(-c2ccc(-c3nc(-c4ccccc4)nc(-c4ccccc4-c4cccc5c(-c6ccc(-c7ccc(-c8ccc9c%10c(cccc8%10)-c8ccccc8-9)cc7)cc6)cccc45)n3)cc2)cc1. The number of hydrogen-bond donors (Lipinski definition) is 0. The molecule has 0 bridgehead atoms. The Balaban J connectivity index is 0.830. The summed E-state index contributed by atoms with van der Waals surface area (Å²) in [4.78, 5) is 15.4. The minimum Gasteiger partial charge on any atom is -0.208 e. The molecule has 3 heteroatoms. The van der Waals surface area contributed by atoms with Crippen LogP contribution < -0.4 is 0 Å². The fraction of sp³-hybridized carbons (Fsp3) is 0. The van der Waals surface area contributed by atoms with E-state index in [0.29, 0.717) is 17.5 Å². The maximum Gasteiger partial charge on any atom is 0.164 e. The van der Waals surface area contributed by atoms with E-state index in [0.717, 1.165) is 38.8 Å². The number of benzene rings is 11. The fourth-order valence-corrected chi connectivity index (χ4v) is 10.2. The summed E-state index contributed by atoms with van der Waals surface area (Å²) < 4.78 is 0. The van der Waals surface area contributed by atoms with Crippen LogP contribution in [0.1, 0.15) is 0 Å². The zero-order valence-corrected chi connectivity index (χ0v) is 37.0. The number of fused-ring (bicyclic) bond motifs is 4. The Morgan fingerprint density at radius 3 is 1.06 bits per heavy atom. The van der Waals surface area contributed by atoms with Crippen molar-refractivity contribution >= 4 is 21.5 Å². The summed E-state index contributed by atoms with van der Waals surface area (Å²) in [6.07, 6.45) is 0. The van der Waals surface area contributed by atoms with E-state index in [1.54, 1.807) is 0 Å². The van der Waals surface area contributed by atoms with Gasteiger partial charge in [-0.25, -0.2) is 15.0 Å².